The van der Waals surface area contributed by atoms with Crippen LogP contribution in [0.25, 0.3) is 0 Å². The van der Waals surface area contributed by atoms with Crippen LogP contribution < -0.4 is 10.0 Å². The molecule has 114 valence electrons. The number of sulfonamides is 1. The maximum absolute atomic E-state index is 12.1. The Balaban J connectivity index is 2.60. The molecule has 0 aliphatic heterocycles. The summed E-state index contributed by atoms with van der Waals surface area (Å²) < 4.78 is 27.0. The lowest BCUT2D eigenvalue weighted by atomic mass is 9.64. The highest BCUT2D eigenvalue weighted by atomic mass is 32.2. The summed E-state index contributed by atoms with van der Waals surface area (Å²) in [5.74, 6) is 0.213. The Kier molecular flexibility index (Phi) is 5.43. The Hall–Kier alpha value is -0.130. The van der Waals surface area contributed by atoms with Crippen molar-refractivity contribution in [1.29, 1.82) is 0 Å². The van der Waals surface area contributed by atoms with Gasteiger partial charge in [0.05, 0.1) is 5.75 Å². The maximum Gasteiger partial charge on any atom is 0.211 e. The van der Waals surface area contributed by atoms with Crippen LogP contribution in [0.4, 0.5) is 0 Å². The Morgan fingerprint density at radius 1 is 1.11 bits per heavy atom. The first-order valence-corrected chi connectivity index (χ1v) is 8.85. The van der Waals surface area contributed by atoms with Crippen LogP contribution in [0, 0.1) is 10.8 Å². The Morgan fingerprint density at radius 3 is 2.11 bits per heavy atom. The molecule has 0 atom stereocenters. The molecule has 0 spiro atoms. The van der Waals surface area contributed by atoms with Crippen LogP contribution in [-0.2, 0) is 10.0 Å². The van der Waals surface area contributed by atoms with Gasteiger partial charge in [-0.05, 0) is 50.1 Å². The summed E-state index contributed by atoms with van der Waals surface area (Å²) in [6.45, 7) is 9.67. The van der Waals surface area contributed by atoms with Gasteiger partial charge in [0, 0.05) is 6.04 Å². The molecule has 0 radical (unpaired) electrons. The summed E-state index contributed by atoms with van der Waals surface area (Å²) in [4.78, 5) is 0. The van der Waals surface area contributed by atoms with E-state index in [9.17, 15) is 8.42 Å². The summed E-state index contributed by atoms with van der Waals surface area (Å²) >= 11 is 0. The van der Waals surface area contributed by atoms with Gasteiger partial charge in [0.25, 0.3) is 0 Å². The Morgan fingerprint density at radius 2 is 1.63 bits per heavy atom. The van der Waals surface area contributed by atoms with Crippen LogP contribution in [0.2, 0.25) is 0 Å². The van der Waals surface area contributed by atoms with Gasteiger partial charge in [-0.3, -0.25) is 0 Å². The normalized spacial score (nSPS) is 23.4. The van der Waals surface area contributed by atoms with Crippen molar-refractivity contribution in [2.24, 2.45) is 10.8 Å². The van der Waals surface area contributed by atoms with Gasteiger partial charge in [0.2, 0.25) is 10.0 Å². The first-order chi connectivity index (χ1) is 8.55. The summed E-state index contributed by atoms with van der Waals surface area (Å²) in [5, 5.41) is 2.98. The van der Waals surface area contributed by atoms with Crippen LogP contribution >= 0.6 is 0 Å². The minimum atomic E-state index is -3.14. The van der Waals surface area contributed by atoms with Crippen molar-refractivity contribution in [3.05, 3.63) is 0 Å². The molecule has 0 aromatic carbocycles. The lowest BCUT2D eigenvalue weighted by molar-refractivity contribution is 0.0934. The molecule has 0 aromatic heterocycles. The van der Waals surface area contributed by atoms with Crippen molar-refractivity contribution in [3.63, 3.8) is 0 Å². The summed E-state index contributed by atoms with van der Waals surface area (Å²) in [7, 11) is -1.30. The molecule has 0 heterocycles. The number of nitrogens with one attached hydrogen (secondary N) is 2. The monoisotopic (exact) mass is 290 g/mol. The molecule has 1 fully saturated rings. The molecule has 5 heteroatoms. The zero-order chi connectivity index (χ0) is 14.7. The van der Waals surface area contributed by atoms with Crippen molar-refractivity contribution < 1.29 is 8.42 Å². The van der Waals surface area contributed by atoms with E-state index in [2.05, 4.69) is 37.7 Å². The van der Waals surface area contributed by atoms with Crippen LogP contribution in [0.15, 0.2) is 0 Å². The van der Waals surface area contributed by atoms with Crippen molar-refractivity contribution in [3.8, 4) is 0 Å². The van der Waals surface area contributed by atoms with Gasteiger partial charge in [-0.1, -0.05) is 27.7 Å². The van der Waals surface area contributed by atoms with Crippen LogP contribution in [0.5, 0.6) is 0 Å². The second-order valence-corrected chi connectivity index (χ2v) is 9.38. The summed E-state index contributed by atoms with van der Waals surface area (Å²) in [5.41, 5.74) is 0.416. The Bertz CT molecular complexity index is 372. The second kappa shape index (κ2) is 6.10. The molecule has 1 saturated carbocycles. The minimum absolute atomic E-state index is 0.0818. The van der Waals surface area contributed by atoms with E-state index in [1.54, 1.807) is 0 Å². The predicted octanol–water partition coefficient (Wildman–Crippen LogP) is 2.12. The van der Waals surface area contributed by atoms with Crippen LogP contribution in [0.3, 0.4) is 0 Å². The van der Waals surface area contributed by atoms with Crippen molar-refractivity contribution >= 4 is 10.0 Å². The van der Waals surface area contributed by atoms with Crippen LogP contribution in [-0.4, -0.2) is 33.8 Å². The molecule has 0 amide bonds. The first kappa shape index (κ1) is 16.9. The highest BCUT2D eigenvalue weighted by molar-refractivity contribution is 7.89. The van der Waals surface area contributed by atoms with E-state index in [1.165, 1.54) is 0 Å². The van der Waals surface area contributed by atoms with E-state index in [0.717, 1.165) is 25.8 Å². The van der Waals surface area contributed by atoms with Gasteiger partial charge in [0.1, 0.15) is 0 Å². The van der Waals surface area contributed by atoms with E-state index < -0.39 is 10.0 Å². The lowest BCUT2D eigenvalue weighted by Gasteiger charge is -2.45. The highest BCUT2D eigenvalue weighted by Gasteiger charge is 2.39. The molecule has 1 aliphatic carbocycles. The van der Waals surface area contributed by atoms with Gasteiger partial charge in [-0.25, -0.2) is 13.1 Å². The smallest absolute Gasteiger partial charge is 0.211 e. The van der Waals surface area contributed by atoms with E-state index in [1.807, 2.05) is 7.05 Å². The molecule has 0 bridgehead atoms. The van der Waals surface area contributed by atoms with Crippen LogP contribution in [0.1, 0.15) is 53.4 Å². The third-order valence-electron chi connectivity index (χ3n) is 3.74. The fourth-order valence-electron chi connectivity index (χ4n) is 3.68. The predicted molar refractivity (Wildman–Crippen MR) is 80.7 cm³/mol. The van der Waals surface area contributed by atoms with Crippen molar-refractivity contribution in [2.75, 3.05) is 19.3 Å². The standard InChI is InChI=1S/C14H30N2O2S/c1-13(2)9-12(10-14(3,4)11-13)16-19(17,18)8-6-7-15-5/h12,15-16H,6-11H2,1-5H3. The van der Waals surface area contributed by atoms with E-state index >= 15 is 0 Å². The van der Waals surface area contributed by atoms with Gasteiger partial charge < -0.3 is 5.32 Å². The van der Waals surface area contributed by atoms with Gasteiger partial charge in [0.15, 0.2) is 0 Å². The van der Waals surface area contributed by atoms with Gasteiger partial charge in [-0.15, -0.1) is 0 Å². The highest BCUT2D eigenvalue weighted by Crippen LogP contribution is 2.45. The molecule has 19 heavy (non-hydrogen) atoms. The molecule has 0 unspecified atom stereocenters. The fraction of sp³-hybridized carbons (Fsp3) is 1.00. The number of hydrogen-bond donors (Lipinski definition) is 2. The third-order valence-corrected chi connectivity index (χ3v) is 5.26. The van der Waals surface area contributed by atoms with E-state index in [0.29, 0.717) is 6.42 Å². The lowest BCUT2D eigenvalue weighted by Crippen LogP contribution is -2.46. The van der Waals surface area contributed by atoms with E-state index in [-0.39, 0.29) is 22.6 Å². The first-order valence-electron chi connectivity index (χ1n) is 7.20. The molecule has 1 aliphatic rings. The summed E-state index contributed by atoms with van der Waals surface area (Å²) in [6.07, 6.45) is 3.67. The van der Waals surface area contributed by atoms with Gasteiger partial charge in [-0.2, -0.15) is 0 Å². The number of hydrogen-bond acceptors (Lipinski definition) is 3. The minimum Gasteiger partial charge on any atom is -0.320 e. The van der Waals surface area contributed by atoms with Gasteiger partial charge >= 0.3 is 0 Å². The molecule has 1 rings (SSSR count). The molecule has 2 N–H and O–H groups in total. The third kappa shape index (κ3) is 6.23. The summed E-state index contributed by atoms with van der Waals surface area (Å²) in [6, 6.07) is 0.0818. The molecule has 0 saturated heterocycles. The van der Waals surface area contributed by atoms with Crippen molar-refractivity contribution in [2.45, 2.75) is 59.4 Å². The topological polar surface area (TPSA) is 58.2 Å². The quantitative estimate of drug-likeness (QED) is 0.737. The maximum atomic E-state index is 12.1. The Labute approximate surface area is 118 Å². The van der Waals surface area contributed by atoms with E-state index in [4.69, 9.17) is 0 Å². The average Bonchev–Trinajstić information content (AvgIpc) is 2.10. The largest absolute Gasteiger partial charge is 0.320 e. The number of rotatable bonds is 6. The zero-order valence-electron chi connectivity index (χ0n) is 13.0. The average molecular weight is 290 g/mol. The molecule has 0 aromatic rings. The second-order valence-electron chi connectivity index (χ2n) is 7.50. The molecular formula is C14H30N2O2S. The SMILES string of the molecule is CNCCCS(=O)(=O)NC1CC(C)(C)CC(C)(C)C1. The molecule has 4 nitrogen and oxygen atoms in total. The zero-order valence-corrected chi connectivity index (χ0v) is 13.9. The molecular weight excluding hydrogens is 260 g/mol. The van der Waals surface area contributed by atoms with Crippen molar-refractivity contribution in [1.82, 2.24) is 10.0 Å². The fourth-order valence-corrected chi connectivity index (χ4v) is 5.00.